The molecule has 9 heteroatoms. The smallest absolute Gasteiger partial charge is 0.244 e. The fourth-order valence-corrected chi connectivity index (χ4v) is 3.95. The van der Waals surface area contributed by atoms with Crippen LogP contribution in [-0.4, -0.2) is 52.8 Å². The first-order valence-corrected chi connectivity index (χ1v) is 11.7. The van der Waals surface area contributed by atoms with Gasteiger partial charge in [-0.2, -0.15) is 5.10 Å². The van der Waals surface area contributed by atoms with Gasteiger partial charge in [0.05, 0.1) is 31.5 Å². The predicted octanol–water partition coefficient (Wildman–Crippen LogP) is 3.75. The van der Waals surface area contributed by atoms with E-state index in [1.165, 1.54) is 16.9 Å². The van der Waals surface area contributed by atoms with E-state index in [0.717, 1.165) is 12.8 Å². The minimum Gasteiger partial charge on any atom is -0.493 e. The van der Waals surface area contributed by atoms with Crippen molar-refractivity contribution in [1.82, 2.24) is 14.7 Å². The normalized spacial score (nSPS) is 15.5. The Balaban J connectivity index is 1.20. The van der Waals surface area contributed by atoms with Crippen molar-refractivity contribution < 1.29 is 23.5 Å². The molecule has 8 nitrogen and oxygen atoms in total. The van der Waals surface area contributed by atoms with Crippen LogP contribution < -0.4 is 14.8 Å². The predicted molar refractivity (Wildman–Crippen MR) is 129 cm³/mol. The van der Waals surface area contributed by atoms with Crippen molar-refractivity contribution in [3.8, 4) is 11.5 Å². The van der Waals surface area contributed by atoms with E-state index in [0.29, 0.717) is 31.1 Å². The van der Waals surface area contributed by atoms with Gasteiger partial charge in [-0.05, 0) is 37.1 Å². The Labute approximate surface area is 203 Å². The molecule has 3 aromatic rings. The van der Waals surface area contributed by atoms with Crippen molar-refractivity contribution in [3.63, 3.8) is 0 Å². The number of hydrogen-bond acceptors (Lipinski definition) is 5. The molecule has 0 spiro atoms. The fourth-order valence-electron chi connectivity index (χ4n) is 3.95. The van der Waals surface area contributed by atoms with Crippen molar-refractivity contribution >= 4 is 17.5 Å². The molecule has 0 radical (unpaired) electrons. The zero-order valence-electron chi connectivity index (χ0n) is 19.4. The number of halogens is 1. The molecule has 35 heavy (non-hydrogen) atoms. The summed E-state index contributed by atoms with van der Waals surface area (Å²) in [5, 5.41) is 6.96. The zero-order valence-corrected chi connectivity index (χ0v) is 19.4. The zero-order chi connectivity index (χ0) is 24.5. The van der Waals surface area contributed by atoms with Gasteiger partial charge in [-0.25, -0.2) is 4.39 Å². The van der Waals surface area contributed by atoms with E-state index < -0.39 is 0 Å². The van der Waals surface area contributed by atoms with Crippen molar-refractivity contribution in [1.29, 1.82) is 0 Å². The summed E-state index contributed by atoms with van der Waals surface area (Å²) in [4.78, 5) is 26.8. The lowest BCUT2D eigenvalue weighted by Gasteiger charge is -2.32. The van der Waals surface area contributed by atoms with E-state index >= 15 is 0 Å². The second-order valence-electron chi connectivity index (χ2n) is 8.48. The maximum atomic E-state index is 13.8. The molecule has 1 aliphatic heterocycles. The van der Waals surface area contributed by atoms with Crippen LogP contribution in [0.5, 0.6) is 11.5 Å². The summed E-state index contributed by atoms with van der Waals surface area (Å²) < 4.78 is 26.5. The maximum Gasteiger partial charge on any atom is 0.244 e. The first-order chi connectivity index (χ1) is 17.1. The number of likely N-dealkylation sites (tertiary alicyclic amines) is 1. The number of nitrogens with zero attached hydrogens (tertiary/aromatic N) is 3. The maximum absolute atomic E-state index is 13.8. The highest BCUT2D eigenvalue weighted by atomic mass is 19.1. The molecule has 1 aliphatic rings. The second-order valence-corrected chi connectivity index (χ2v) is 8.48. The molecule has 4 rings (SSSR count). The number of anilines is 1. The minimum atomic E-state index is -0.387. The lowest BCUT2D eigenvalue weighted by molar-refractivity contribution is -0.134. The molecule has 2 aromatic carbocycles. The average molecular weight is 481 g/mol. The summed E-state index contributed by atoms with van der Waals surface area (Å²) in [5.74, 6) is 0.442. The molecule has 1 N–H and O–H groups in total. The molecule has 1 saturated heterocycles. The first kappa shape index (κ1) is 24.3. The summed E-state index contributed by atoms with van der Waals surface area (Å²) in [5.41, 5.74) is 0.525. The van der Waals surface area contributed by atoms with E-state index in [1.54, 1.807) is 29.3 Å². The number of ether oxygens (including phenoxy) is 2. The van der Waals surface area contributed by atoms with Gasteiger partial charge in [0.15, 0.2) is 11.6 Å². The standard InChI is InChI=1S/C26H29FN4O4/c27-23-10-4-5-11-24(23)35-19-20-7-6-13-30(16-20)26(33)18-31-17-21(15-28-31)29-25(32)12-14-34-22-8-2-1-3-9-22/h1-5,8-11,15,17,20H,6-7,12-14,16,18-19H2,(H,29,32). The number of aromatic nitrogens is 2. The Morgan fingerprint density at radius 2 is 1.89 bits per heavy atom. The number of carbonyl (C=O) groups is 2. The number of hydrogen-bond donors (Lipinski definition) is 1. The largest absolute Gasteiger partial charge is 0.493 e. The summed E-state index contributed by atoms with van der Waals surface area (Å²) in [6, 6.07) is 15.6. The topological polar surface area (TPSA) is 85.7 Å². The summed E-state index contributed by atoms with van der Waals surface area (Å²) in [6.07, 6.45) is 5.14. The lowest BCUT2D eigenvalue weighted by Crippen LogP contribution is -2.43. The second kappa shape index (κ2) is 12.0. The summed E-state index contributed by atoms with van der Waals surface area (Å²) >= 11 is 0. The summed E-state index contributed by atoms with van der Waals surface area (Å²) in [6.45, 7) is 1.92. The molecule has 0 aliphatic carbocycles. The van der Waals surface area contributed by atoms with Crippen LogP contribution >= 0.6 is 0 Å². The van der Waals surface area contributed by atoms with Crippen LogP contribution in [0.25, 0.3) is 0 Å². The minimum absolute atomic E-state index is 0.0576. The average Bonchev–Trinajstić information content (AvgIpc) is 3.30. The molecular formula is C26H29FN4O4. The Bertz CT molecular complexity index is 1120. The third kappa shape index (κ3) is 7.30. The molecule has 2 amide bonds. The van der Waals surface area contributed by atoms with Crippen LogP contribution in [0.2, 0.25) is 0 Å². The number of para-hydroxylation sites is 2. The van der Waals surface area contributed by atoms with Gasteiger partial charge in [0.25, 0.3) is 0 Å². The van der Waals surface area contributed by atoms with Gasteiger partial charge in [-0.15, -0.1) is 0 Å². The van der Waals surface area contributed by atoms with Gasteiger partial charge < -0.3 is 19.7 Å². The Hall–Kier alpha value is -3.88. The van der Waals surface area contributed by atoms with Crippen LogP contribution in [0.15, 0.2) is 67.0 Å². The van der Waals surface area contributed by atoms with Crippen molar-refractivity contribution in [2.45, 2.75) is 25.8 Å². The van der Waals surface area contributed by atoms with Gasteiger partial charge in [0.2, 0.25) is 11.8 Å². The monoisotopic (exact) mass is 480 g/mol. The first-order valence-electron chi connectivity index (χ1n) is 11.7. The summed E-state index contributed by atoms with van der Waals surface area (Å²) in [7, 11) is 0. The molecule has 184 valence electrons. The van der Waals surface area contributed by atoms with Crippen molar-refractivity contribution in [2.75, 3.05) is 31.6 Å². The van der Waals surface area contributed by atoms with E-state index in [1.807, 2.05) is 30.3 Å². The van der Waals surface area contributed by atoms with E-state index in [4.69, 9.17) is 9.47 Å². The number of benzene rings is 2. The number of rotatable bonds is 10. The van der Waals surface area contributed by atoms with Crippen LogP contribution in [0.4, 0.5) is 10.1 Å². The molecular weight excluding hydrogens is 451 g/mol. The van der Waals surface area contributed by atoms with Crippen LogP contribution in [0.1, 0.15) is 19.3 Å². The molecule has 1 fully saturated rings. The third-order valence-corrected chi connectivity index (χ3v) is 5.74. The van der Waals surface area contributed by atoms with E-state index in [2.05, 4.69) is 10.4 Å². The molecule has 0 saturated carbocycles. The highest BCUT2D eigenvalue weighted by Crippen LogP contribution is 2.21. The SMILES string of the molecule is O=C(CCOc1ccccc1)Nc1cnn(CC(=O)N2CCCC(COc3ccccc3F)C2)c1. The number of amides is 2. The van der Waals surface area contributed by atoms with E-state index in [9.17, 15) is 14.0 Å². The van der Waals surface area contributed by atoms with Gasteiger partial charge >= 0.3 is 0 Å². The van der Waals surface area contributed by atoms with Gasteiger partial charge in [0, 0.05) is 25.2 Å². The van der Waals surface area contributed by atoms with Crippen LogP contribution in [-0.2, 0) is 16.1 Å². The van der Waals surface area contributed by atoms with Crippen molar-refractivity contribution in [3.05, 3.63) is 72.8 Å². The molecule has 1 unspecified atom stereocenters. The van der Waals surface area contributed by atoms with Gasteiger partial charge in [-0.1, -0.05) is 30.3 Å². The van der Waals surface area contributed by atoms with Crippen molar-refractivity contribution in [2.24, 2.45) is 5.92 Å². The highest BCUT2D eigenvalue weighted by Gasteiger charge is 2.24. The molecule has 1 atom stereocenters. The quantitative estimate of drug-likeness (QED) is 0.478. The lowest BCUT2D eigenvalue weighted by atomic mass is 9.99. The van der Waals surface area contributed by atoms with Crippen LogP contribution in [0.3, 0.4) is 0 Å². The highest BCUT2D eigenvalue weighted by molar-refractivity contribution is 5.90. The van der Waals surface area contributed by atoms with Gasteiger partial charge in [-0.3, -0.25) is 14.3 Å². The van der Waals surface area contributed by atoms with Gasteiger partial charge in [0.1, 0.15) is 12.3 Å². The Morgan fingerprint density at radius 3 is 2.71 bits per heavy atom. The number of carbonyl (C=O) groups excluding carboxylic acids is 2. The third-order valence-electron chi connectivity index (χ3n) is 5.74. The Kier molecular flexibility index (Phi) is 8.32. The number of piperidine rings is 1. The number of nitrogens with one attached hydrogen (secondary N) is 1. The van der Waals surface area contributed by atoms with Crippen LogP contribution in [0, 0.1) is 11.7 Å². The van der Waals surface area contributed by atoms with E-state index in [-0.39, 0.29) is 48.9 Å². The Morgan fingerprint density at radius 1 is 1.09 bits per heavy atom. The molecule has 1 aromatic heterocycles. The fraction of sp³-hybridized carbons (Fsp3) is 0.346. The molecule has 0 bridgehead atoms. The molecule has 2 heterocycles.